The molecule has 2 aromatic rings. The van der Waals surface area contributed by atoms with E-state index in [2.05, 4.69) is 4.72 Å². The van der Waals surface area contributed by atoms with Crippen molar-refractivity contribution < 1.29 is 17.9 Å². The maximum Gasteiger partial charge on any atom is 0.233 e. The van der Waals surface area contributed by atoms with Crippen LogP contribution >= 0.6 is 0 Å². The van der Waals surface area contributed by atoms with Crippen molar-refractivity contribution in [1.29, 1.82) is 0 Å². The van der Waals surface area contributed by atoms with Crippen LogP contribution in [0.3, 0.4) is 0 Å². The van der Waals surface area contributed by atoms with Gasteiger partial charge in [-0.1, -0.05) is 48.5 Å². The molecule has 0 aromatic heterocycles. The van der Waals surface area contributed by atoms with E-state index >= 15 is 0 Å². The van der Waals surface area contributed by atoms with E-state index in [1.165, 1.54) is 24.3 Å². The molecule has 1 atom stereocenters. The smallest absolute Gasteiger partial charge is 0.233 e. The van der Waals surface area contributed by atoms with Crippen LogP contribution in [0.2, 0.25) is 0 Å². The summed E-state index contributed by atoms with van der Waals surface area (Å²) in [6.07, 6.45) is 0.193. The van der Waals surface area contributed by atoms with Crippen molar-refractivity contribution in [3.05, 3.63) is 76.9 Å². The Morgan fingerprint density at radius 3 is 2.41 bits per heavy atom. The van der Waals surface area contributed by atoms with Crippen molar-refractivity contribution >= 4 is 16.1 Å². The summed E-state index contributed by atoms with van der Waals surface area (Å²) in [7, 11) is -3.71. The summed E-state index contributed by atoms with van der Waals surface area (Å²) < 4.78 is 39.3. The third-order valence-electron chi connectivity index (χ3n) is 2.98. The monoisotopic (exact) mass is 321 g/mol. The second-order valence-corrected chi connectivity index (χ2v) is 6.30. The van der Waals surface area contributed by atoms with Gasteiger partial charge in [0.15, 0.2) is 0 Å². The maximum atomic E-state index is 13.5. The van der Waals surface area contributed by atoms with Gasteiger partial charge in [-0.15, -0.1) is 0 Å². The van der Waals surface area contributed by atoms with E-state index in [0.29, 0.717) is 0 Å². The highest BCUT2D eigenvalue weighted by Gasteiger charge is 2.14. The van der Waals surface area contributed by atoms with Crippen LogP contribution in [0.25, 0.3) is 6.08 Å². The fourth-order valence-corrected chi connectivity index (χ4v) is 2.65. The summed E-state index contributed by atoms with van der Waals surface area (Å²) in [4.78, 5) is 0. The molecule has 0 aliphatic carbocycles. The molecule has 0 amide bonds. The molecule has 1 unspecified atom stereocenters. The molecule has 116 valence electrons. The first-order chi connectivity index (χ1) is 10.5. The molecular weight excluding hydrogens is 305 g/mol. The van der Waals surface area contributed by atoms with Gasteiger partial charge in [-0.3, -0.25) is 0 Å². The van der Waals surface area contributed by atoms with Crippen molar-refractivity contribution in [2.75, 3.05) is 6.54 Å². The molecule has 0 aliphatic rings. The van der Waals surface area contributed by atoms with Gasteiger partial charge in [0.1, 0.15) is 5.82 Å². The molecule has 0 radical (unpaired) electrons. The number of benzene rings is 2. The third-order valence-corrected chi connectivity index (χ3v) is 4.04. The summed E-state index contributed by atoms with van der Waals surface area (Å²) in [6.45, 7) is -0.303. The van der Waals surface area contributed by atoms with Gasteiger partial charge in [-0.2, -0.15) is 0 Å². The Morgan fingerprint density at radius 2 is 1.73 bits per heavy atom. The van der Waals surface area contributed by atoms with Crippen molar-refractivity contribution in [1.82, 2.24) is 4.72 Å². The number of aliphatic hydroxyl groups is 1. The van der Waals surface area contributed by atoms with E-state index in [1.807, 2.05) is 6.07 Å². The first-order valence-electron chi connectivity index (χ1n) is 6.63. The lowest BCUT2D eigenvalue weighted by Crippen LogP contribution is -2.27. The van der Waals surface area contributed by atoms with Crippen LogP contribution in [0.4, 0.5) is 4.39 Å². The van der Waals surface area contributed by atoms with Crippen LogP contribution in [0.1, 0.15) is 17.2 Å². The molecule has 0 fully saturated rings. The number of rotatable bonds is 6. The van der Waals surface area contributed by atoms with Crippen LogP contribution in [0, 0.1) is 5.82 Å². The molecule has 2 N–H and O–H groups in total. The van der Waals surface area contributed by atoms with E-state index in [0.717, 1.165) is 11.0 Å². The third kappa shape index (κ3) is 4.77. The minimum atomic E-state index is -3.71. The van der Waals surface area contributed by atoms with Gasteiger partial charge < -0.3 is 5.11 Å². The number of sulfonamides is 1. The topological polar surface area (TPSA) is 66.4 Å². The predicted molar refractivity (Wildman–Crippen MR) is 83.8 cm³/mol. The minimum absolute atomic E-state index is 0.0530. The van der Waals surface area contributed by atoms with Crippen molar-refractivity contribution in [3.8, 4) is 0 Å². The zero-order chi connectivity index (χ0) is 16.0. The standard InChI is InChI=1S/C16H16FNO3S/c17-15-9-5-4-8-14(15)16(19)12-18-22(20,21)11-10-13-6-2-1-3-7-13/h1-11,16,18-19H,12H2/b11-10+. The molecule has 0 aliphatic heterocycles. The lowest BCUT2D eigenvalue weighted by Gasteiger charge is -2.12. The van der Waals surface area contributed by atoms with Gasteiger partial charge in [-0.05, 0) is 17.7 Å². The highest BCUT2D eigenvalue weighted by Crippen LogP contribution is 2.16. The normalized spacial score (nSPS) is 13.4. The second kappa shape index (κ2) is 7.31. The Hall–Kier alpha value is -2.02. The summed E-state index contributed by atoms with van der Waals surface area (Å²) in [5.74, 6) is -0.575. The first kappa shape index (κ1) is 16.4. The highest BCUT2D eigenvalue weighted by molar-refractivity contribution is 7.92. The molecule has 0 heterocycles. The maximum absolute atomic E-state index is 13.5. The lowest BCUT2D eigenvalue weighted by molar-refractivity contribution is 0.177. The fraction of sp³-hybridized carbons (Fsp3) is 0.125. The number of nitrogens with one attached hydrogen (secondary N) is 1. The molecule has 2 aromatic carbocycles. The zero-order valence-electron chi connectivity index (χ0n) is 11.7. The molecular formula is C16H16FNO3S. The summed E-state index contributed by atoms with van der Waals surface area (Å²) >= 11 is 0. The molecule has 0 bridgehead atoms. The average Bonchev–Trinajstić information content (AvgIpc) is 2.52. The molecule has 0 saturated carbocycles. The van der Waals surface area contributed by atoms with Crippen molar-refractivity contribution in [3.63, 3.8) is 0 Å². The van der Waals surface area contributed by atoms with E-state index in [-0.39, 0.29) is 12.1 Å². The zero-order valence-corrected chi connectivity index (χ0v) is 12.5. The van der Waals surface area contributed by atoms with Crippen LogP contribution < -0.4 is 4.72 Å². The number of hydrogen-bond acceptors (Lipinski definition) is 3. The van der Waals surface area contributed by atoms with Gasteiger partial charge in [0.25, 0.3) is 0 Å². The van der Waals surface area contributed by atoms with E-state index in [4.69, 9.17) is 0 Å². The number of hydrogen-bond donors (Lipinski definition) is 2. The molecule has 22 heavy (non-hydrogen) atoms. The Balaban J connectivity index is 1.98. The summed E-state index contributed by atoms with van der Waals surface area (Å²) in [5, 5.41) is 10.9. The van der Waals surface area contributed by atoms with Gasteiger partial charge in [0, 0.05) is 17.5 Å². The van der Waals surface area contributed by atoms with Crippen molar-refractivity contribution in [2.24, 2.45) is 0 Å². The largest absolute Gasteiger partial charge is 0.387 e. The molecule has 2 rings (SSSR count). The Bertz CT molecular complexity index is 745. The Morgan fingerprint density at radius 1 is 1.09 bits per heavy atom. The van der Waals surface area contributed by atoms with Gasteiger partial charge in [0.2, 0.25) is 10.0 Å². The SMILES string of the molecule is O=S(=O)(/C=C/c1ccccc1)NCC(O)c1ccccc1F. The van der Waals surface area contributed by atoms with Crippen molar-refractivity contribution in [2.45, 2.75) is 6.10 Å². The van der Waals surface area contributed by atoms with Crippen LogP contribution in [0.15, 0.2) is 60.0 Å². The average molecular weight is 321 g/mol. The first-order valence-corrected chi connectivity index (χ1v) is 8.18. The van der Waals surface area contributed by atoms with Gasteiger partial charge in [0.05, 0.1) is 6.10 Å². The van der Waals surface area contributed by atoms with Crippen LogP contribution in [0.5, 0.6) is 0 Å². The number of aliphatic hydroxyl groups excluding tert-OH is 1. The fourth-order valence-electron chi connectivity index (χ4n) is 1.83. The lowest BCUT2D eigenvalue weighted by atomic mass is 10.1. The van der Waals surface area contributed by atoms with Crippen LogP contribution in [-0.2, 0) is 10.0 Å². The summed E-state index contributed by atoms with van der Waals surface area (Å²) in [6, 6.07) is 14.6. The highest BCUT2D eigenvalue weighted by atomic mass is 32.2. The summed E-state index contributed by atoms with van der Waals surface area (Å²) in [5.41, 5.74) is 0.791. The van der Waals surface area contributed by atoms with E-state index in [1.54, 1.807) is 30.3 Å². The van der Waals surface area contributed by atoms with Gasteiger partial charge >= 0.3 is 0 Å². The molecule has 6 heteroatoms. The number of halogens is 1. The van der Waals surface area contributed by atoms with E-state index in [9.17, 15) is 17.9 Å². The molecule has 4 nitrogen and oxygen atoms in total. The predicted octanol–water partition coefficient (Wildman–Crippen LogP) is 2.45. The Labute approximate surface area is 129 Å². The second-order valence-electron chi connectivity index (χ2n) is 4.64. The van der Waals surface area contributed by atoms with E-state index < -0.39 is 21.9 Å². The van der Waals surface area contributed by atoms with Crippen LogP contribution in [-0.4, -0.2) is 20.1 Å². The Kier molecular flexibility index (Phi) is 5.43. The quantitative estimate of drug-likeness (QED) is 0.859. The molecule has 0 spiro atoms. The van der Waals surface area contributed by atoms with Gasteiger partial charge in [-0.25, -0.2) is 17.5 Å². The molecule has 0 saturated heterocycles. The minimum Gasteiger partial charge on any atom is -0.387 e.